The van der Waals surface area contributed by atoms with E-state index in [-0.39, 0.29) is 0 Å². The van der Waals surface area contributed by atoms with Crippen molar-refractivity contribution in [3.8, 4) is 0 Å². The predicted molar refractivity (Wildman–Crippen MR) is 67.4 cm³/mol. The first kappa shape index (κ1) is 14.0. The monoisotopic (exact) mass is 291 g/mol. The first-order valence-electron chi connectivity index (χ1n) is 5.50. The molecule has 0 aliphatic rings. The molecule has 2 N–H and O–H groups in total. The van der Waals surface area contributed by atoms with E-state index in [1.165, 1.54) is 17.7 Å². The third kappa shape index (κ3) is 2.79. The van der Waals surface area contributed by atoms with Crippen LogP contribution in [0, 0.1) is 13.8 Å². The van der Waals surface area contributed by atoms with Crippen molar-refractivity contribution in [2.75, 3.05) is 11.9 Å². The molecule has 1 unspecified atom stereocenters. The van der Waals surface area contributed by atoms with Gasteiger partial charge in [-0.25, -0.2) is 9.97 Å². The topological polar surface area (TPSA) is 58.0 Å². The van der Waals surface area contributed by atoms with Crippen molar-refractivity contribution in [2.24, 2.45) is 0 Å². The third-order valence-electron chi connectivity index (χ3n) is 2.81. The predicted octanol–water partition coefficient (Wildman–Crippen LogP) is 2.64. The van der Waals surface area contributed by atoms with Crippen molar-refractivity contribution in [2.45, 2.75) is 26.1 Å². The summed E-state index contributed by atoms with van der Waals surface area (Å²) >= 11 is 1.46. The molecular weight excluding hydrogens is 279 g/mol. The molecule has 0 bridgehead atoms. The number of anilines is 1. The Hall–Kier alpha value is -1.41. The molecule has 0 aliphatic carbocycles. The molecule has 0 aliphatic heterocycles. The first-order chi connectivity index (χ1) is 8.80. The minimum Gasteiger partial charge on any atom is -0.382 e. The summed E-state index contributed by atoms with van der Waals surface area (Å²) in [7, 11) is 0. The van der Waals surface area contributed by atoms with Gasteiger partial charge >= 0.3 is 6.18 Å². The minimum atomic E-state index is -4.64. The second-order valence-corrected chi connectivity index (χ2v) is 5.33. The van der Waals surface area contributed by atoms with E-state index in [0.29, 0.717) is 16.0 Å². The number of hydrogen-bond acceptors (Lipinski definition) is 5. The zero-order valence-electron chi connectivity index (χ0n) is 10.2. The van der Waals surface area contributed by atoms with Gasteiger partial charge in [0.15, 0.2) is 6.10 Å². The average molecular weight is 291 g/mol. The molecule has 0 fully saturated rings. The van der Waals surface area contributed by atoms with Gasteiger partial charge in [0, 0.05) is 4.88 Å². The molecule has 0 saturated heterocycles. The highest BCUT2D eigenvalue weighted by molar-refractivity contribution is 7.18. The van der Waals surface area contributed by atoms with Crippen molar-refractivity contribution in [3.63, 3.8) is 0 Å². The summed E-state index contributed by atoms with van der Waals surface area (Å²) in [6.45, 7) is 3.14. The summed E-state index contributed by atoms with van der Waals surface area (Å²) in [6.07, 6.45) is -5.77. The number of aromatic nitrogens is 2. The molecule has 0 amide bonds. The maximum absolute atomic E-state index is 12.2. The summed E-state index contributed by atoms with van der Waals surface area (Å²) in [5.41, 5.74) is 0.935. The molecule has 0 radical (unpaired) electrons. The summed E-state index contributed by atoms with van der Waals surface area (Å²) < 4.78 is 36.7. The van der Waals surface area contributed by atoms with Crippen molar-refractivity contribution >= 4 is 27.4 Å². The van der Waals surface area contributed by atoms with Crippen LogP contribution in [0.5, 0.6) is 0 Å². The van der Waals surface area contributed by atoms with Crippen LogP contribution in [0.2, 0.25) is 0 Å². The Balaban J connectivity index is 2.26. The van der Waals surface area contributed by atoms with Crippen LogP contribution in [0.1, 0.15) is 10.4 Å². The normalized spacial score (nSPS) is 13.8. The number of nitrogens with zero attached hydrogens (tertiary/aromatic N) is 2. The number of hydrogen-bond donors (Lipinski definition) is 2. The van der Waals surface area contributed by atoms with Gasteiger partial charge in [-0.1, -0.05) is 0 Å². The number of thiophene rings is 1. The quantitative estimate of drug-likeness (QED) is 0.912. The summed E-state index contributed by atoms with van der Waals surface area (Å²) in [5.74, 6) is 0.315. The van der Waals surface area contributed by atoms with Crippen LogP contribution in [0.3, 0.4) is 0 Å². The number of aliphatic hydroxyl groups is 1. The largest absolute Gasteiger partial charge is 0.416 e. The van der Waals surface area contributed by atoms with Crippen LogP contribution in [0.25, 0.3) is 10.2 Å². The molecule has 19 heavy (non-hydrogen) atoms. The summed E-state index contributed by atoms with van der Waals surface area (Å²) in [4.78, 5) is 9.78. The Kier molecular flexibility index (Phi) is 3.64. The van der Waals surface area contributed by atoms with Crippen molar-refractivity contribution < 1.29 is 18.3 Å². The van der Waals surface area contributed by atoms with Gasteiger partial charge in [0.2, 0.25) is 0 Å². The standard InChI is InChI=1S/C11H12F3N3OS/c1-5-6(2)19-10-8(5)9(16-4-17-10)15-3-7(18)11(12,13)14/h4,7,18H,3H2,1-2H3,(H,15,16,17). The van der Waals surface area contributed by atoms with Gasteiger partial charge in [-0.3, -0.25) is 0 Å². The van der Waals surface area contributed by atoms with E-state index in [9.17, 15) is 13.2 Å². The number of rotatable bonds is 3. The molecular formula is C11H12F3N3OS. The Bertz CT molecular complexity index is 597. The van der Waals surface area contributed by atoms with Crippen LogP contribution < -0.4 is 5.32 Å². The number of alkyl halides is 3. The molecule has 2 aromatic heterocycles. The summed E-state index contributed by atoms with van der Waals surface area (Å²) in [5, 5.41) is 12.2. The first-order valence-corrected chi connectivity index (χ1v) is 6.31. The Morgan fingerprint density at radius 1 is 1.37 bits per heavy atom. The second kappa shape index (κ2) is 4.93. The number of aliphatic hydroxyl groups excluding tert-OH is 1. The SMILES string of the molecule is Cc1sc2ncnc(NCC(O)C(F)(F)F)c2c1C. The lowest BCUT2D eigenvalue weighted by molar-refractivity contribution is -0.198. The number of fused-ring (bicyclic) bond motifs is 1. The molecule has 2 aromatic rings. The van der Waals surface area contributed by atoms with Crippen LogP contribution in [0.4, 0.5) is 19.0 Å². The lowest BCUT2D eigenvalue weighted by Crippen LogP contribution is -2.35. The average Bonchev–Trinajstić information content (AvgIpc) is 2.61. The molecule has 104 valence electrons. The van der Waals surface area contributed by atoms with Crippen molar-refractivity contribution in [1.29, 1.82) is 0 Å². The van der Waals surface area contributed by atoms with Crippen LogP contribution in [-0.2, 0) is 0 Å². The van der Waals surface area contributed by atoms with Crippen LogP contribution in [0.15, 0.2) is 6.33 Å². The van der Waals surface area contributed by atoms with Gasteiger partial charge in [0.05, 0.1) is 11.9 Å². The lowest BCUT2D eigenvalue weighted by atomic mass is 10.2. The Labute approximate surface area is 111 Å². The second-order valence-electron chi connectivity index (χ2n) is 4.12. The Morgan fingerprint density at radius 3 is 2.68 bits per heavy atom. The molecule has 2 rings (SSSR count). The highest BCUT2D eigenvalue weighted by Crippen LogP contribution is 2.32. The van der Waals surface area contributed by atoms with Gasteiger partial charge in [-0.2, -0.15) is 13.2 Å². The maximum Gasteiger partial charge on any atom is 0.416 e. The van der Waals surface area contributed by atoms with E-state index in [2.05, 4.69) is 15.3 Å². The third-order valence-corrected chi connectivity index (χ3v) is 3.92. The van der Waals surface area contributed by atoms with Crippen molar-refractivity contribution in [1.82, 2.24) is 9.97 Å². The molecule has 8 heteroatoms. The highest BCUT2D eigenvalue weighted by Gasteiger charge is 2.38. The van der Waals surface area contributed by atoms with E-state index >= 15 is 0 Å². The van der Waals surface area contributed by atoms with Gasteiger partial charge in [0.1, 0.15) is 17.0 Å². The molecule has 2 heterocycles. The maximum atomic E-state index is 12.2. The van der Waals surface area contributed by atoms with Crippen molar-refractivity contribution in [3.05, 3.63) is 16.8 Å². The fourth-order valence-corrected chi connectivity index (χ4v) is 2.62. The minimum absolute atomic E-state index is 0.315. The lowest BCUT2D eigenvalue weighted by Gasteiger charge is -2.15. The van der Waals surface area contributed by atoms with Gasteiger partial charge in [0.25, 0.3) is 0 Å². The number of halogens is 3. The molecule has 0 spiro atoms. The van der Waals surface area contributed by atoms with E-state index < -0.39 is 18.8 Å². The van der Waals surface area contributed by atoms with Crippen LogP contribution in [-0.4, -0.2) is 33.9 Å². The number of nitrogens with one attached hydrogen (secondary N) is 1. The van der Waals surface area contributed by atoms with E-state index in [1.807, 2.05) is 13.8 Å². The zero-order chi connectivity index (χ0) is 14.2. The molecule has 1 atom stereocenters. The van der Waals surface area contributed by atoms with E-state index in [1.54, 1.807) is 0 Å². The smallest absolute Gasteiger partial charge is 0.382 e. The van der Waals surface area contributed by atoms with E-state index in [0.717, 1.165) is 10.4 Å². The Morgan fingerprint density at radius 2 is 2.05 bits per heavy atom. The number of aryl methyl sites for hydroxylation is 2. The van der Waals surface area contributed by atoms with Gasteiger partial charge in [-0.15, -0.1) is 11.3 Å². The van der Waals surface area contributed by atoms with Gasteiger partial charge in [-0.05, 0) is 19.4 Å². The molecule has 0 saturated carbocycles. The van der Waals surface area contributed by atoms with Gasteiger partial charge < -0.3 is 10.4 Å². The molecule has 0 aromatic carbocycles. The fourth-order valence-electron chi connectivity index (χ4n) is 1.63. The van der Waals surface area contributed by atoms with Crippen LogP contribution >= 0.6 is 11.3 Å². The zero-order valence-corrected chi connectivity index (χ0v) is 11.1. The highest BCUT2D eigenvalue weighted by atomic mass is 32.1. The fraction of sp³-hybridized carbons (Fsp3) is 0.455. The molecule has 4 nitrogen and oxygen atoms in total. The van der Waals surface area contributed by atoms with E-state index in [4.69, 9.17) is 5.11 Å². The summed E-state index contributed by atoms with van der Waals surface area (Å²) in [6, 6.07) is 0.